The van der Waals surface area contributed by atoms with Gasteiger partial charge in [0.1, 0.15) is 0 Å². The van der Waals surface area contributed by atoms with Crippen molar-refractivity contribution in [2.75, 3.05) is 13.2 Å². The van der Waals surface area contributed by atoms with Crippen LogP contribution in [-0.4, -0.2) is 47.4 Å². The van der Waals surface area contributed by atoms with Gasteiger partial charge in [-0.3, -0.25) is 9.59 Å². The largest absolute Gasteiger partial charge is 0.466 e. The molecule has 2 atom stereocenters. The summed E-state index contributed by atoms with van der Waals surface area (Å²) in [5.74, 6) is -0.0809. The number of carbonyl (C=O) groups excluding carboxylic acids is 2. The van der Waals surface area contributed by atoms with Crippen molar-refractivity contribution in [1.29, 1.82) is 0 Å². The number of carbonyl (C=O) groups is 2. The summed E-state index contributed by atoms with van der Waals surface area (Å²) in [6.45, 7) is 4.85. The molecule has 6 heteroatoms. The number of allylic oxidation sites excluding steroid dienone is 5. The Balaban J connectivity index is 3.45. The van der Waals surface area contributed by atoms with Crippen LogP contribution >= 0.6 is 0 Å². The maximum Gasteiger partial charge on any atom is 0.305 e. The van der Waals surface area contributed by atoms with Crippen molar-refractivity contribution >= 4 is 11.9 Å². The molecule has 0 bridgehead atoms. The van der Waals surface area contributed by atoms with Crippen molar-refractivity contribution in [1.82, 2.24) is 5.32 Å². The second-order valence-electron chi connectivity index (χ2n) is 22.1. The lowest BCUT2D eigenvalue weighted by Crippen LogP contribution is -2.45. The number of aliphatic hydroxyl groups excluding tert-OH is 2. The number of hydrogen-bond acceptors (Lipinski definition) is 5. The van der Waals surface area contributed by atoms with Crippen LogP contribution in [0.3, 0.4) is 0 Å². The molecule has 0 heterocycles. The van der Waals surface area contributed by atoms with Gasteiger partial charge in [0.2, 0.25) is 5.91 Å². The van der Waals surface area contributed by atoms with Crippen LogP contribution in [0.1, 0.15) is 348 Å². The Bertz CT molecular complexity index is 1170. The van der Waals surface area contributed by atoms with Gasteiger partial charge in [0, 0.05) is 12.8 Å². The third-order valence-electron chi connectivity index (χ3n) is 14.9. The average molecular weight is 1010 g/mol. The van der Waals surface area contributed by atoms with E-state index in [4.69, 9.17) is 4.74 Å². The summed E-state index contributed by atoms with van der Waals surface area (Å²) in [5.41, 5.74) is 0. The van der Waals surface area contributed by atoms with Gasteiger partial charge in [-0.05, 0) is 57.8 Å². The first-order chi connectivity index (χ1) is 35.5. The quantitative estimate of drug-likeness (QED) is 0.0320. The van der Waals surface area contributed by atoms with Crippen LogP contribution in [0.4, 0.5) is 0 Å². The highest BCUT2D eigenvalue weighted by Crippen LogP contribution is 2.18. The molecule has 0 aromatic heterocycles. The van der Waals surface area contributed by atoms with Gasteiger partial charge in [0.05, 0.1) is 25.4 Å². The van der Waals surface area contributed by atoms with Gasteiger partial charge in [-0.2, -0.15) is 0 Å². The van der Waals surface area contributed by atoms with E-state index in [0.717, 1.165) is 51.4 Å². The SMILES string of the molecule is CCC/C=C\C/C=C\CCCCCCCC(=O)OCCCCCCCCCCCCCCCCCCCC(=O)NC(CO)C(O)/C=C/CCCCCCCCCCCCCCCCCCCCCCCCC. The predicted octanol–water partition coefficient (Wildman–Crippen LogP) is 20.4. The minimum absolute atomic E-state index is 0.0104. The summed E-state index contributed by atoms with van der Waals surface area (Å²) < 4.78 is 5.46. The minimum Gasteiger partial charge on any atom is -0.466 e. The van der Waals surface area contributed by atoms with E-state index < -0.39 is 12.1 Å². The third-order valence-corrected chi connectivity index (χ3v) is 14.9. The van der Waals surface area contributed by atoms with Crippen molar-refractivity contribution in [3.63, 3.8) is 0 Å². The van der Waals surface area contributed by atoms with Gasteiger partial charge in [0.25, 0.3) is 0 Å². The van der Waals surface area contributed by atoms with Crippen molar-refractivity contribution in [3.05, 3.63) is 36.5 Å². The minimum atomic E-state index is -0.850. The standard InChI is InChI=1S/C66H125NO5/c1-3-5-7-9-11-13-15-17-18-19-20-21-22-23-24-25-26-28-31-35-38-42-46-50-54-58-64(69)63(62-68)67-65(70)59-55-51-47-43-39-36-32-29-27-30-33-37-41-45-49-53-57-61-72-66(71)60-56-52-48-44-40-34-16-14-12-10-8-6-4-2/h8,10,14,16,54,58,63-64,68-69H,3-7,9,11-13,15,17-53,55-57,59-62H2,1-2H3,(H,67,70)/b10-8-,16-14-,58-54+. The second kappa shape index (κ2) is 61.6. The molecule has 0 saturated carbocycles. The third kappa shape index (κ3) is 57.4. The molecule has 0 aromatic rings. The highest BCUT2D eigenvalue weighted by atomic mass is 16.5. The van der Waals surface area contributed by atoms with Crippen LogP contribution in [0.15, 0.2) is 36.5 Å². The zero-order valence-electron chi connectivity index (χ0n) is 48.4. The monoisotopic (exact) mass is 1010 g/mol. The molecule has 0 radical (unpaired) electrons. The van der Waals surface area contributed by atoms with Crippen LogP contribution in [-0.2, 0) is 14.3 Å². The van der Waals surface area contributed by atoms with Crippen LogP contribution in [0.2, 0.25) is 0 Å². The molecule has 2 unspecified atom stereocenters. The topological polar surface area (TPSA) is 95.9 Å². The fourth-order valence-corrected chi connectivity index (χ4v) is 9.97. The normalized spacial score (nSPS) is 12.8. The number of unbranched alkanes of at least 4 members (excludes halogenated alkanes) is 45. The second-order valence-corrected chi connectivity index (χ2v) is 22.1. The summed E-state index contributed by atoms with van der Waals surface area (Å²) in [5, 5.41) is 23.2. The van der Waals surface area contributed by atoms with Crippen molar-refractivity contribution < 1.29 is 24.5 Å². The van der Waals surface area contributed by atoms with E-state index in [-0.39, 0.29) is 18.5 Å². The number of ether oxygens (including phenoxy) is 1. The maximum atomic E-state index is 12.5. The summed E-state index contributed by atoms with van der Waals surface area (Å²) in [6.07, 6.45) is 77.6. The van der Waals surface area contributed by atoms with Crippen molar-refractivity contribution in [3.8, 4) is 0 Å². The molecular weight excluding hydrogens is 887 g/mol. The van der Waals surface area contributed by atoms with E-state index in [1.165, 1.54) is 270 Å². The van der Waals surface area contributed by atoms with Crippen molar-refractivity contribution in [2.24, 2.45) is 0 Å². The number of hydrogen-bond donors (Lipinski definition) is 3. The van der Waals surface area contributed by atoms with E-state index in [2.05, 4.69) is 43.5 Å². The van der Waals surface area contributed by atoms with Gasteiger partial charge >= 0.3 is 5.97 Å². The van der Waals surface area contributed by atoms with E-state index in [9.17, 15) is 19.8 Å². The van der Waals surface area contributed by atoms with Gasteiger partial charge < -0.3 is 20.3 Å². The van der Waals surface area contributed by atoms with Gasteiger partial charge in [-0.15, -0.1) is 0 Å². The smallest absolute Gasteiger partial charge is 0.305 e. The summed E-state index contributed by atoms with van der Waals surface area (Å²) in [7, 11) is 0. The molecule has 72 heavy (non-hydrogen) atoms. The van der Waals surface area contributed by atoms with Crippen LogP contribution in [0.25, 0.3) is 0 Å². The fourth-order valence-electron chi connectivity index (χ4n) is 9.97. The number of aliphatic hydroxyl groups is 2. The van der Waals surface area contributed by atoms with E-state index in [0.29, 0.717) is 19.4 Å². The van der Waals surface area contributed by atoms with E-state index in [1.807, 2.05) is 6.08 Å². The molecule has 0 aliphatic carbocycles. The molecule has 0 aliphatic heterocycles. The Hall–Kier alpha value is -1.92. The Morgan fingerprint density at radius 1 is 0.389 bits per heavy atom. The van der Waals surface area contributed by atoms with Gasteiger partial charge in [0.15, 0.2) is 0 Å². The molecule has 6 nitrogen and oxygen atoms in total. The summed E-state index contributed by atoms with van der Waals surface area (Å²) in [4.78, 5) is 24.5. The van der Waals surface area contributed by atoms with Crippen LogP contribution < -0.4 is 5.32 Å². The highest BCUT2D eigenvalue weighted by molar-refractivity contribution is 5.76. The summed E-state index contributed by atoms with van der Waals surface area (Å²) in [6, 6.07) is -0.634. The lowest BCUT2D eigenvalue weighted by atomic mass is 10.0. The van der Waals surface area contributed by atoms with Gasteiger partial charge in [-0.25, -0.2) is 0 Å². The molecule has 0 aliphatic rings. The van der Waals surface area contributed by atoms with Crippen LogP contribution in [0.5, 0.6) is 0 Å². The van der Waals surface area contributed by atoms with Crippen molar-refractivity contribution in [2.45, 2.75) is 360 Å². The first-order valence-electron chi connectivity index (χ1n) is 32.3. The number of rotatable bonds is 60. The molecular formula is C66H125NO5. The summed E-state index contributed by atoms with van der Waals surface area (Å²) >= 11 is 0. The van der Waals surface area contributed by atoms with Crippen LogP contribution in [0, 0.1) is 0 Å². The molecule has 1 amide bonds. The molecule has 0 rings (SSSR count). The predicted molar refractivity (Wildman–Crippen MR) is 315 cm³/mol. The lowest BCUT2D eigenvalue weighted by Gasteiger charge is -2.20. The molecule has 424 valence electrons. The fraction of sp³-hybridized carbons (Fsp3) is 0.879. The molecule has 0 aromatic carbocycles. The zero-order chi connectivity index (χ0) is 52.2. The zero-order valence-corrected chi connectivity index (χ0v) is 48.4. The molecule has 0 spiro atoms. The highest BCUT2D eigenvalue weighted by Gasteiger charge is 2.18. The Morgan fingerprint density at radius 3 is 1.11 bits per heavy atom. The van der Waals surface area contributed by atoms with Gasteiger partial charge in [-0.1, -0.05) is 314 Å². The maximum absolute atomic E-state index is 12.5. The Morgan fingerprint density at radius 2 is 0.722 bits per heavy atom. The van der Waals surface area contributed by atoms with E-state index in [1.54, 1.807) is 6.08 Å². The molecule has 0 saturated heterocycles. The number of nitrogens with one attached hydrogen (secondary N) is 1. The Kier molecular flexibility index (Phi) is 60.0. The number of esters is 1. The molecule has 3 N–H and O–H groups in total. The molecule has 0 fully saturated rings. The lowest BCUT2D eigenvalue weighted by molar-refractivity contribution is -0.143. The van der Waals surface area contributed by atoms with E-state index >= 15 is 0 Å². The number of amides is 1. The first-order valence-corrected chi connectivity index (χ1v) is 32.3. The Labute approximate surface area is 449 Å². The average Bonchev–Trinajstić information content (AvgIpc) is 3.38. The first kappa shape index (κ1) is 70.1.